The van der Waals surface area contributed by atoms with E-state index >= 15 is 0 Å². The molecule has 0 unspecified atom stereocenters. The van der Waals surface area contributed by atoms with Crippen LogP contribution in [0.4, 0.5) is 0 Å². The third-order valence-corrected chi connectivity index (χ3v) is 9.18. The molecule has 0 spiro atoms. The van der Waals surface area contributed by atoms with Gasteiger partial charge in [0.1, 0.15) is 6.10 Å². The van der Waals surface area contributed by atoms with Crippen molar-refractivity contribution in [1.29, 1.82) is 0 Å². The first-order valence-corrected chi connectivity index (χ1v) is 12.5. The summed E-state index contributed by atoms with van der Waals surface area (Å²) in [5.74, 6) is -0.222. The van der Waals surface area contributed by atoms with Gasteiger partial charge in [-0.3, -0.25) is 4.79 Å². The second kappa shape index (κ2) is 10.2. The predicted octanol–water partition coefficient (Wildman–Crippen LogP) is 4.70. The third-order valence-electron chi connectivity index (χ3n) is 4.99. The van der Waals surface area contributed by atoms with E-state index in [-0.39, 0.29) is 24.0 Å². The third kappa shape index (κ3) is 6.19. The van der Waals surface area contributed by atoms with Crippen molar-refractivity contribution in [1.82, 2.24) is 0 Å². The quantitative estimate of drug-likeness (QED) is 0.259. The number of ether oxygens (including phenoxy) is 2. The van der Waals surface area contributed by atoms with E-state index in [2.05, 4.69) is 43.9 Å². The predicted molar refractivity (Wildman–Crippen MR) is 114 cm³/mol. The summed E-state index contributed by atoms with van der Waals surface area (Å²) in [6.45, 7) is 11.4. The Morgan fingerprint density at radius 2 is 1.67 bits per heavy atom. The Hall–Kier alpha value is -2.17. The van der Waals surface area contributed by atoms with E-state index < -0.39 is 8.07 Å². The Morgan fingerprint density at radius 3 is 2.26 bits per heavy atom. The van der Waals surface area contributed by atoms with Gasteiger partial charge in [-0.2, -0.15) is 0 Å². The summed E-state index contributed by atoms with van der Waals surface area (Å²) in [6, 6.07) is 20.4. The molecule has 0 aliphatic heterocycles. The van der Waals surface area contributed by atoms with Crippen molar-refractivity contribution in [3.05, 3.63) is 78.9 Å². The molecule has 3 nitrogen and oxygen atoms in total. The SMILES string of the molecule is C=C[C@@H]([C@@H](C)OC(=O)CCOCc1ccccc1)[Si](C)(C)c1ccccc1. The second-order valence-corrected chi connectivity index (χ2v) is 12.0. The molecule has 0 fully saturated rings. The average molecular weight is 383 g/mol. The van der Waals surface area contributed by atoms with Crippen molar-refractivity contribution in [2.75, 3.05) is 6.61 Å². The first-order chi connectivity index (χ1) is 12.9. The number of carbonyl (C=O) groups excluding carboxylic acids is 1. The fourth-order valence-corrected chi connectivity index (χ4v) is 6.66. The van der Waals surface area contributed by atoms with Gasteiger partial charge in [-0.05, 0) is 12.5 Å². The molecule has 0 amide bonds. The summed E-state index contributed by atoms with van der Waals surface area (Å²) < 4.78 is 11.3. The molecule has 0 aliphatic rings. The molecule has 0 radical (unpaired) electrons. The van der Waals surface area contributed by atoms with E-state index in [0.29, 0.717) is 13.2 Å². The van der Waals surface area contributed by atoms with Crippen molar-refractivity contribution in [2.45, 2.75) is 44.7 Å². The minimum Gasteiger partial charge on any atom is -0.462 e. The Labute approximate surface area is 164 Å². The molecule has 0 saturated carbocycles. The minimum absolute atomic E-state index is 0.147. The fourth-order valence-electron chi connectivity index (χ4n) is 3.39. The number of esters is 1. The fraction of sp³-hybridized carbons (Fsp3) is 0.348. The normalized spacial score (nSPS) is 13.6. The Kier molecular flexibility index (Phi) is 8.01. The van der Waals surface area contributed by atoms with E-state index in [9.17, 15) is 4.79 Å². The van der Waals surface area contributed by atoms with Crippen LogP contribution in [-0.2, 0) is 20.9 Å². The highest BCUT2D eigenvalue weighted by Gasteiger charge is 2.36. The van der Waals surface area contributed by atoms with Gasteiger partial charge in [0.2, 0.25) is 0 Å². The number of hydrogen-bond acceptors (Lipinski definition) is 3. The first-order valence-electron chi connectivity index (χ1n) is 9.44. The summed E-state index contributed by atoms with van der Waals surface area (Å²) in [7, 11) is -1.85. The Morgan fingerprint density at radius 1 is 1.07 bits per heavy atom. The van der Waals surface area contributed by atoms with Gasteiger partial charge in [-0.25, -0.2) is 0 Å². The molecule has 27 heavy (non-hydrogen) atoms. The van der Waals surface area contributed by atoms with E-state index in [4.69, 9.17) is 9.47 Å². The van der Waals surface area contributed by atoms with E-state index in [1.54, 1.807) is 0 Å². The topological polar surface area (TPSA) is 35.5 Å². The molecule has 0 bridgehead atoms. The van der Waals surface area contributed by atoms with Crippen molar-refractivity contribution in [3.63, 3.8) is 0 Å². The molecule has 4 heteroatoms. The number of benzene rings is 2. The average Bonchev–Trinajstić information content (AvgIpc) is 2.67. The van der Waals surface area contributed by atoms with Crippen LogP contribution in [-0.4, -0.2) is 26.8 Å². The zero-order chi connectivity index (χ0) is 19.7. The standard InChI is InChI=1S/C23H30O3Si/c1-5-22(27(3,4)21-14-10-7-11-15-21)19(2)26-23(24)16-17-25-18-20-12-8-6-9-13-20/h5-15,19,22H,1,16-18H2,2-4H3/t19-,22+/m1/s1. The molecule has 0 N–H and O–H groups in total. The van der Waals surface area contributed by atoms with Crippen LogP contribution >= 0.6 is 0 Å². The monoisotopic (exact) mass is 382 g/mol. The van der Waals surface area contributed by atoms with Gasteiger partial charge >= 0.3 is 5.97 Å². The Bertz CT molecular complexity index is 713. The largest absolute Gasteiger partial charge is 0.462 e. The molecular weight excluding hydrogens is 352 g/mol. The van der Waals surface area contributed by atoms with Crippen LogP contribution in [0.2, 0.25) is 18.6 Å². The van der Waals surface area contributed by atoms with E-state index in [1.807, 2.05) is 49.4 Å². The maximum Gasteiger partial charge on any atom is 0.308 e. The lowest BCUT2D eigenvalue weighted by Gasteiger charge is -2.34. The zero-order valence-electron chi connectivity index (χ0n) is 16.6. The summed E-state index contributed by atoms with van der Waals surface area (Å²) in [5, 5.41) is 1.34. The number of rotatable bonds is 10. The van der Waals surface area contributed by atoms with Crippen LogP contribution in [0.3, 0.4) is 0 Å². The molecule has 0 heterocycles. The lowest BCUT2D eigenvalue weighted by molar-refractivity contribution is -0.149. The summed E-state index contributed by atoms with van der Waals surface area (Å²) >= 11 is 0. The van der Waals surface area contributed by atoms with Gasteiger partial charge in [0.25, 0.3) is 0 Å². The van der Waals surface area contributed by atoms with E-state index in [1.165, 1.54) is 5.19 Å². The van der Waals surface area contributed by atoms with Crippen molar-refractivity contribution in [2.24, 2.45) is 0 Å². The van der Waals surface area contributed by atoms with Gasteiger partial charge in [0, 0.05) is 5.54 Å². The van der Waals surface area contributed by atoms with Crippen LogP contribution in [0.25, 0.3) is 0 Å². The molecule has 0 saturated heterocycles. The van der Waals surface area contributed by atoms with Crippen LogP contribution in [0.5, 0.6) is 0 Å². The number of hydrogen-bond donors (Lipinski definition) is 0. The van der Waals surface area contributed by atoms with Crippen LogP contribution in [0, 0.1) is 0 Å². The summed E-state index contributed by atoms with van der Waals surface area (Å²) in [5.41, 5.74) is 1.25. The van der Waals surface area contributed by atoms with Crippen LogP contribution in [0.1, 0.15) is 18.9 Å². The summed E-state index contributed by atoms with van der Waals surface area (Å²) in [6.07, 6.45) is 2.00. The highest BCUT2D eigenvalue weighted by molar-refractivity contribution is 6.91. The highest BCUT2D eigenvalue weighted by atomic mass is 28.3. The van der Waals surface area contributed by atoms with Crippen molar-refractivity contribution < 1.29 is 14.3 Å². The molecule has 2 atom stereocenters. The minimum atomic E-state index is -1.85. The van der Waals surface area contributed by atoms with Gasteiger partial charge in [0.15, 0.2) is 0 Å². The van der Waals surface area contributed by atoms with Gasteiger partial charge in [0.05, 0.1) is 27.7 Å². The lowest BCUT2D eigenvalue weighted by atomic mass is 10.2. The molecule has 2 aromatic rings. The zero-order valence-corrected chi connectivity index (χ0v) is 17.6. The molecule has 144 valence electrons. The maximum absolute atomic E-state index is 12.2. The Balaban J connectivity index is 1.83. The van der Waals surface area contributed by atoms with Crippen LogP contribution < -0.4 is 5.19 Å². The van der Waals surface area contributed by atoms with Gasteiger partial charge in [-0.1, -0.05) is 85.0 Å². The van der Waals surface area contributed by atoms with Crippen molar-refractivity contribution >= 4 is 19.2 Å². The maximum atomic E-state index is 12.2. The summed E-state index contributed by atoms with van der Waals surface area (Å²) in [4.78, 5) is 12.2. The van der Waals surface area contributed by atoms with Crippen LogP contribution in [0.15, 0.2) is 73.3 Å². The van der Waals surface area contributed by atoms with E-state index in [0.717, 1.165) is 5.56 Å². The smallest absolute Gasteiger partial charge is 0.308 e. The lowest BCUT2D eigenvalue weighted by Crippen LogP contribution is -2.49. The molecule has 2 aromatic carbocycles. The molecular formula is C23H30O3Si. The van der Waals surface area contributed by atoms with Gasteiger partial charge < -0.3 is 9.47 Å². The number of carbonyl (C=O) groups is 1. The molecule has 0 aromatic heterocycles. The molecule has 2 rings (SSSR count). The molecule has 0 aliphatic carbocycles. The first kappa shape index (κ1) is 21.1. The second-order valence-electron chi connectivity index (χ2n) is 7.33. The van der Waals surface area contributed by atoms with Gasteiger partial charge in [-0.15, -0.1) is 6.58 Å². The van der Waals surface area contributed by atoms with Crippen molar-refractivity contribution in [3.8, 4) is 0 Å². The highest BCUT2D eigenvalue weighted by Crippen LogP contribution is 2.29.